The normalized spacial score (nSPS) is 11.3. The molecule has 0 bridgehead atoms. The third kappa shape index (κ3) is 4.56. The second kappa shape index (κ2) is 9.13. The first-order valence-corrected chi connectivity index (χ1v) is 11.7. The van der Waals surface area contributed by atoms with E-state index in [-0.39, 0.29) is 11.9 Å². The Kier molecular flexibility index (Phi) is 6.80. The maximum Gasteiger partial charge on any atom is 0.234 e. The lowest BCUT2D eigenvalue weighted by Crippen LogP contribution is -2.16. The van der Waals surface area contributed by atoms with Crippen LogP contribution in [0.25, 0.3) is 11.4 Å². The third-order valence-electron chi connectivity index (χ3n) is 5.09. The Hall–Kier alpha value is -2.12. The van der Waals surface area contributed by atoms with Crippen molar-refractivity contribution in [2.24, 2.45) is 0 Å². The molecule has 0 saturated heterocycles. The summed E-state index contributed by atoms with van der Waals surface area (Å²) in [6, 6.07) is 6.14. The molecule has 0 spiro atoms. The number of aromatic nitrogens is 3. The van der Waals surface area contributed by atoms with Crippen LogP contribution in [0.3, 0.4) is 0 Å². The molecule has 3 aromatic rings. The molecule has 154 valence electrons. The van der Waals surface area contributed by atoms with Gasteiger partial charge >= 0.3 is 0 Å². The summed E-state index contributed by atoms with van der Waals surface area (Å²) in [6.45, 7) is 12.6. The molecule has 29 heavy (non-hydrogen) atoms. The van der Waals surface area contributed by atoms with E-state index in [2.05, 4.69) is 53.2 Å². The van der Waals surface area contributed by atoms with E-state index in [4.69, 9.17) is 0 Å². The zero-order valence-corrected chi connectivity index (χ0v) is 19.5. The molecule has 3 rings (SSSR count). The first kappa shape index (κ1) is 21.6. The molecular formula is C22H28N4OS2. The number of benzene rings is 1. The summed E-state index contributed by atoms with van der Waals surface area (Å²) in [5.41, 5.74) is 5.61. The van der Waals surface area contributed by atoms with Crippen LogP contribution in [0.5, 0.6) is 0 Å². The maximum atomic E-state index is 12.5. The molecule has 5 nitrogen and oxygen atoms in total. The molecule has 2 aromatic heterocycles. The SMILES string of the molecule is CCc1c(-c2nnc(SCC(=O)Nc3cccc(C)c3C)n2C(C)C)csc1C. The van der Waals surface area contributed by atoms with Crippen LogP contribution in [0, 0.1) is 20.8 Å². The van der Waals surface area contributed by atoms with Gasteiger partial charge in [0.05, 0.1) is 5.75 Å². The highest BCUT2D eigenvalue weighted by molar-refractivity contribution is 7.99. The molecule has 0 aliphatic carbocycles. The number of thioether (sulfide) groups is 1. The highest BCUT2D eigenvalue weighted by Crippen LogP contribution is 2.34. The van der Waals surface area contributed by atoms with E-state index in [0.29, 0.717) is 5.75 Å². The summed E-state index contributed by atoms with van der Waals surface area (Å²) in [5, 5.41) is 14.8. The van der Waals surface area contributed by atoms with Gasteiger partial charge in [0.2, 0.25) is 5.91 Å². The van der Waals surface area contributed by atoms with Crippen LogP contribution in [-0.4, -0.2) is 26.4 Å². The molecule has 0 saturated carbocycles. The van der Waals surface area contributed by atoms with E-state index in [1.807, 2.05) is 32.0 Å². The van der Waals surface area contributed by atoms with E-state index < -0.39 is 0 Å². The number of hydrogen-bond donors (Lipinski definition) is 1. The van der Waals surface area contributed by atoms with Crippen molar-refractivity contribution in [2.75, 3.05) is 11.1 Å². The molecule has 0 atom stereocenters. The lowest BCUT2D eigenvalue weighted by Gasteiger charge is -2.14. The van der Waals surface area contributed by atoms with Crippen molar-refractivity contribution in [1.29, 1.82) is 0 Å². The summed E-state index contributed by atoms with van der Waals surface area (Å²) in [7, 11) is 0. The number of anilines is 1. The van der Waals surface area contributed by atoms with E-state index in [1.54, 1.807) is 11.3 Å². The third-order valence-corrected chi connectivity index (χ3v) is 6.99. The Morgan fingerprint density at radius 3 is 2.69 bits per heavy atom. The molecule has 1 amide bonds. The maximum absolute atomic E-state index is 12.5. The van der Waals surface area contributed by atoms with Crippen LogP contribution in [0.2, 0.25) is 0 Å². The first-order chi connectivity index (χ1) is 13.8. The second-order valence-electron chi connectivity index (χ2n) is 7.39. The summed E-state index contributed by atoms with van der Waals surface area (Å²) in [5.74, 6) is 1.14. The van der Waals surface area contributed by atoms with Crippen molar-refractivity contribution in [1.82, 2.24) is 14.8 Å². The van der Waals surface area contributed by atoms with Gasteiger partial charge in [-0.05, 0) is 63.8 Å². The van der Waals surface area contributed by atoms with Gasteiger partial charge in [-0.15, -0.1) is 21.5 Å². The number of rotatable bonds is 7. The van der Waals surface area contributed by atoms with Crippen molar-refractivity contribution >= 4 is 34.7 Å². The minimum atomic E-state index is -0.0378. The number of nitrogens with zero attached hydrogens (tertiary/aromatic N) is 3. The van der Waals surface area contributed by atoms with Crippen molar-refractivity contribution in [3.8, 4) is 11.4 Å². The number of carbonyl (C=O) groups excluding carboxylic acids is 1. The van der Waals surface area contributed by atoms with E-state index in [9.17, 15) is 4.79 Å². The number of aryl methyl sites for hydroxylation is 2. The lowest BCUT2D eigenvalue weighted by atomic mass is 10.1. The number of amides is 1. The second-order valence-corrected chi connectivity index (χ2v) is 9.42. The van der Waals surface area contributed by atoms with Gasteiger partial charge in [0.15, 0.2) is 11.0 Å². The smallest absolute Gasteiger partial charge is 0.234 e. The van der Waals surface area contributed by atoms with Gasteiger partial charge in [-0.2, -0.15) is 0 Å². The van der Waals surface area contributed by atoms with Gasteiger partial charge in [-0.1, -0.05) is 30.8 Å². The largest absolute Gasteiger partial charge is 0.325 e. The van der Waals surface area contributed by atoms with Gasteiger partial charge in [0.1, 0.15) is 0 Å². The molecule has 0 fully saturated rings. The van der Waals surface area contributed by atoms with Gasteiger partial charge in [-0.25, -0.2) is 0 Å². The fourth-order valence-corrected chi connectivity index (χ4v) is 5.14. The summed E-state index contributed by atoms with van der Waals surface area (Å²) >= 11 is 3.18. The van der Waals surface area contributed by atoms with Gasteiger partial charge < -0.3 is 5.32 Å². The Balaban J connectivity index is 1.78. The van der Waals surface area contributed by atoms with E-state index in [1.165, 1.54) is 22.2 Å². The van der Waals surface area contributed by atoms with Crippen molar-refractivity contribution in [3.05, 3.63) is 45.1 Å². The monoisotopic (exact) mass is 428 g/mol. The zero-order chi connectivity index (χ0) is 21.1. The fourth-order valence-electron chi connectivity index (χ4n) is 3.33. The van der Waals surface area contributed by atoms with Crippen molar-refractivity contribution in [3.63, 3.8) is 0 Å². The molecule has 0 aliphatic rings. The zero-order valence-electron chi connectivity index (χ0n) is 17.9. The van der Waals surface area contributed by atoms with Gasteiger partial charge in [0, 0.05) is 27.5 Å². The Labute approximate surface area is 180 Å². The average Bonchev–Trinajstić information content (AvgIpc) is 3.26. The number of thiophene rings is 1. The molecule has 1 N–H and O–H groups in total. The van der Waals surface area contributed by atoms with Gasteiger partial charge in [-0.3, -0.25) is 9.36 Å². The topological polar surface area (TPSA) is 59.8 Å². The van der Waals surface area contributed by atoms with Crippen molar-refractivity contribution < 1.29 is 4.79 Å². The molecular weight excluding hydrogens is 400 g/mol. The number of carbonyl (C=O) groups is 1. The number of nitrogens with one attached hydrogen (secondary N) is 1. The highest BCUT2D eigenvalue weighted by atomic mass is 32.2. The molecule has 7 heteroatoms. The first-order valence-electron chi connectivity index (χ1n) is 9.84. The average molecular weight is 429 g/mol. The molecule has 1 aromatic carbocycles. The Bertz CT molecular complexity index is 1020. The van der Waals surface area contributed by atoms with Crippen LogP contribution < -0.4 is 5.32 Å². The fraction of sp³-hybridized carbons (Fsp3) is 0.409. The molecule has 0 aliphatic heterocycles. The quantitative estimate of drug-likeness (QED) is 0.483. The van der Waals surface area contributed by atoms with E-state index >= 15 is 0 Å². The molecule has 0 radical (unpaired) electrons. The van der Waals surface area contributed by atoms with Crippen LogP contribution >= 0.6 is 23.1 Å². The summed E-state index contributed by atoms with van der Waals surface area (Å²) in [4.78, 5) is 13.8. The minimum Gasteiger partial charge on any atom is -0.325 e. The lowest BCUT2D eigenvalue weighted by molar-refractivity contribution is -0.113. The Morgan fingerprint density at radius 1 is 1.24 bits per heavy atom. The summed E-state index contributed by atoms with van der Waals surface area (Å²) < 4.78 is 2.14. The number of hydrogen-bond acceptors (Lipinski definition) is 5. The minimum absolute atomic E-state index is 0.0378. The van der Waals surface area contributed by atoms with Crippen LogP contribution in [0.4, 0.5) is 5.69 Å². The Morgan fingerprint density at radius 2 is 2.00 bits per heavy atom. The molecule has 2 heterocycles. The predicted molar refractivity (Wildman–Crippen MR) is 123 cm³/mol. The van der Waals surface area contributed by atoms with Crippen LogP contribution in [-0.2, 0) is 11.2 Å². The van der Waals surface area contributed by atoms with E-state index in [0.717, 1.165) is 39.8 Å². The highest BCUT2D eigenvalue weighted by Gasteiger charge is 2.21. The predicted octanol–water partition coefficient (Wildman–Crippen LogP) is 5.81. The van der Waals surface area contributed by atoms with Gasteiger partial charge in [0.25, 0.3) is 0 Å². The van der Waals surface area contributed by atoms with Crippen LogP contribution in [0.1, 0.15) is 48.4 Å². The standard InChI is InChI=1S/C22H28N4OS2/c1-7-17-16(6)28-11-18(17)21-24-25-22(26(21)13(2)3)29-12-20(27)23-19-10-8-9-14(4)15(19)5/h8-11,13H,7,12H2,1-6H3,(H,23,27). The van der Waals surface area contributed by atoms with Crippen molar-refractivity contribution in [2.45, 2.75) is 59.2 Å². The molecule has 0 unspecified atom stereocenters. The summed E-state index contributed by atoms with van der Waals surface area (Å²) in [6.07, 6.45) is 0.969. The van der Waals surface area contributed by atoms with Crippen LogP contribution in [0.15, 0.2) is 28.7 Å².